The fourth-order valence-corrected chi connectivity index (χ4v) is 2.22. The lowest BCUT2D eigenvalue weighted by molar-refractivity contribution is -0.118. The molecule has 126 valence electrons. The summed E-state index contributed by atoms with van der Waals surface area (Å²) in [6.45, 7) is 4.25. The van der Waals surface area contributed by atoms with Crippen molar-refractivity contribution in [1.29, 1.82) is 0 Å². The van der Waals surface area contributed by atoms with Gasteiger partial charge in [0, 0.05) is 19.2 Å². The number of ketones is 1. The molecule has 2 rings (SSSR count). The number of anilines is 2. The zero-order valence-electron chi connectivity index (χ0n) is 14.2. The van der Waals surface area contributed by atoms with Crippen LogP contribution in [0.15, 0.2) is 48.5 Å². The monoisotopic (exact) mass is 326 g/mol. The number of nitrogens with zero attached hydrogens (tertiary/aromatic N) is 1. The Morgan fingerprint density at radius 1 is 1.12 bits per heavy atom. The van der Waals surface area contributed by atoms with E-state index in [1.54, 1.807) is 24.3 Å². The van der Waals surface area contributed by atoms with Crippen LogP contribution >= 0.6 is 0 Å². The van der Waals surface area contributed by atoms with Crippen molar-refractivity contribution in [2.75, 3.05) is 30.4 Å². The molecule has 0 bridgehead atoms. The zero-order chi connectivity index (χ0) is 17.5. The molecule has 0 heterocycles. The number of para-hydroxylation sites is 2. The fraction of sp³-hybridized carbons (Fsp3) is 0.263. The minimum absolute atomic E-state index is 0.0403. The highest BCUT2D eigenvalue weighted by molar-refractivity contribution is 5.96. The first-order chi connectivity index (χ1) is 11.5. The van der Waals surface area contributed by atoms with Crippen molar-refractivity contribution in [2.45, 2.75) is 13.8 Å². The SMILES string of the molecule is CCN(C)c1ccccc1NC(=O)COc1cccc(C(C)=O)c1. The lowest BCUT2D eigenvalue weighted by atomic mass is 10.1. The van der Waals surface area contributed by atoms with Crippen LogP contribution in [0.3, 0.4) is 0 Å². The highest BCUT2D eigenvalue weighted by Crippen LogP contribution is 2.24. The molecule has 5 heteroatoms. The van der Waals surface area contributed by atoms with Crippen LogP contribution in [0, 0.1) is 0 Å². The largest absolute Gasteiger partial charge is 0.484 e. The number of carbonyl (C=O) groups excluding carboxylic acids is 2. The van der Waals surface area contributed by atoms with E-state index in [0.717, 1.165) is 17.9 Å². The van der Waals surface area contributed by atoms with Gasteiger partial charge in [-0.15, -0.1) is 0 Å². The Morgan fingerprint density at radius 3 is 2.58 bits per heavy atom. The van der Waals surface area contributed by atoms with Gasteiger partial charge in [-0.1, -0.05) is 24.3 Å². The van der Waals surface area contributed by atoms with Gasteiger partial charge in [0.15, 0.2) is 12.4 Å². The lowest BCUT2D eigenvalue weighted by Crippen LogP contribution is -2.23. The predicted molar refractivity (Wildman–Crippen MR) is 96.0 cm³/mol. The molecule has 1 amide bonds. The second kappa shape index (κ2) is 8.15. The van der Waals surface area contributed by atoms with E-state index < -0.39 is 0 Å². The highest BCUT2D eigenvalue weighted by atomic mass is 16.5. The number of Topliss-reactive ketones (excluding diaryl/α,β-unsaturated/α-hetero) is 1. The molecule has 0 saturated carbocycles. The third-order valence-electron chi connectivity index (χ3n) is 3.67. The minimum Gasteiger partial charge on any atom is -0.484 e. The van der Waals surface area contributed by atoms with Crippen LogP contribution in [0.25, 0.3) is 0 Å². The molecule has 2 aromatic carbocycles. The summed E-state index contributed by atoms with van der Waals surface area (Å²) in [7, 11) is 1.97. The second-order valence-electron chi connectivity index (χ2n) is 5.45. The van der Waals surface area contributed by atoms with E-state index in [1.165, 1.54) is 6.92 Å². The molecule has 0 atom stereocenters. The molecule has 0 aromatic heterocycles. The van der Waals surface area contributed by atoms with Crippen LogP contribution in [0.2, 0.25) is 0 Å². The van der Waals surface area contributed by atoms with Gasteiger partial charge in [-0.25, -0.2) is 0 Å². The van der Waals surface area contributed by atoms with Gasteiger partial charge in [0.1, 0.15) is 5.75 Å². The summed E-state index contributed by atoms with van der Waals surface area (Å²) in [5, 5.41) is 2.86. The predicted octanol–water partition coefficient (Wildman–Crippen LogP) is 3.36. The number of hydrogen-bond donors (Lipinski definition) is 1. The van der Waals surface area contributed by atoms with Crippen molar-refractivity contribution in [1.82, 2.24) is 0 Å². The molecule has 0 unspecified atom stereocenters. The quantitative estimate of drug-likeness (QED) is 0.793. The maximum atomic E-state index is 12.1. The van der Waals surface area contributed by atoms with E-state index in [1.807, 2.05) is 43.1 Å². The van der Waals surface area contributed by atoms with Crippen molar-refractivity contribution in [3.05, 3.63) is 54.1 Å². The second-order valence-corrected chi connectivity index (χ2v) is 5.45. The summed E-state index contributed by atoms with van der Waals surface area (Å²) < 4.78 is 5.48. The molecular formula is C19H22N2O3. The summed E-state index contributed by atoms with van der Waals surface area (Å²) in [5.41, 5.74) is 2.25. The maximum Gasteiger partial charge on any atom is 0.262 e. The molecule has 0 aliphatic rings. The first-order valence-electron chi connectivity index (χ1n) is 7.85. The normalized spacial score (nSPS) is 10.1. The fourth-order valence-electron chi connectivity index (χ4n) is 2.22. The Morgan fingerprint density at radius 2 is 1.88 bits per heavy atom. The molecule has 0 radical (unpaired) electrons. The summed E-state index contributed by atoms with van der Waals surface area (Å²) in [5.74, 6) is 0.207. The van der Waals surface area contributed by atoms with Crippen molar-refractivity contribution in [3.63, 3.8) is 0 Å². The van der Waals surface area contributed by atoms with Gasteiger partial charge in [0.2, 0.25) is 0 Å². The molecule has 0 aliphatic carbocycles. The standard InChI is InChI=1S/C19H22N2O3/c1-4-21(3)18-11-6-5-10-17(18)20-19(23)13-24-16-9-7-8-15(12-16)14(2)22/h5-12H,4,13H2,1-3H3,(H,20,23). The lowest BCUT2D eigenvalue weighted by Gasteiger charge is -2.20. The Kier molecular flexibility index (Phi) is 5.95. The average molecular weight is 326 g/mol. The molecule has 0 aliphatic heterocycles. The van der Waals surface area contributed by atoms with E-state index in [-0.39, 0.29) is 18.3 Å². The van der Waals surface area contributed by atoms with Crippen LogP contribution < -0.4 is 15.0 Å². The number of benzene rings is 2. The van der Waals surface area contributed by atoms with Gasteiger partial charge >= 0.3 is 0 Å². The molecule has 2 aromatic rings. The van der Waals surface area contributed by atoms with Crippen LogP contribution in [-0.4, -0.2) is 31.9 Å². The number of rotatable bonds is 7. The van der Waals surface area contributed by atoms with Gasteiger partial charge in [-0.3, -0.25) is 9.59 Å². The molecular weight excluding hydrogens is 304 g/mol. The van der Waals surface area contributed by atoms with Crippen LogP contribution in [-0.2, 0) is 4.79 Å². The first-order valence-corrected chi connectivity index (χ1v) is 7.85. The van der Waals surface area contributed by atoms with E-state index in [4.69, 9.17) is 4.74 Å². The number of nitrogens with one attached hydrogen (secondary N) is 1. The van der Waals surface area contributed by atoms with Crippen LogP contribution in [0.1, 0.15) is 24.2 Å². The summed E-state index contributed by atoms with van der Waals surface area (Å²) in [6, 6.07) is 14.4. The summed E-state index contributed by atoms with van der Waals surface area (Å²) in [4.78, 5) is 25.6. The number of amides is 1. The number of hydrogen-bond acceptors (Lipinski definition) is 4. The highest BCUT2D eigenvalue weighted by Gasteiger charge is 2.10. The Balaban J connectivity index is 1.99. The maximum absolute atomic E-state index is 12.1. The van der Waals surface area contributed by atoms with Crippen molar-refractivity contribution in [2.24, 2.45) is 0 Å². The Labute approximate surface area is 142 Å². The minimum atomic E-state index is -0.250. The van der Waals surface area contributed by atoms with E-state index in [9.17, 15) is 9.59 Å². The number of ether oxygens (including phenoxy) is 1. The van der Waals surface area contributed by atoms with Gasteiger partial charge in [0.05, 0.1) is 11.4 Å². The van der Waals surface area contributed by atoms with Gasteiger partial charge < -0.3 is 15.0 Å². The smallest absolute Gasteiger partial charge is 0.262 e. The van der Waals surface area contributed by atoms with E-state index in [0.29, 0.717) is 11.3 Å². The Hall–Kier alpha value is -2.82. The van der Waals surface area contributed by atoms with Crippen molar-refractivity contribution < 1.29 is 14.3 Å². The summed E-state index contributed by atoms with van der Waals surface area (Å²) in [6.07, 6.45) is 0. The number of carbonyl (C=O) groups is 2. The van der Waals surface area contributed by atoms with Crippen molar-refractivity contribution >= 4 is 23.1 Å². The molecule has 1 N–H and O–H groups in total. The molecule has 0 spiro atoms. The summed E-state index contributed by atoms with van der Waals surface area (Å²) >= 11 is 0. The third-order valence-corrected chi connectivity index (χ3v) is 3.67. The zero-order valence-corrected chi connectivity index (χ0v) is 14.2. The molecule has 0 fully saturated rings. The van der Waals surface area contributed by atoms with Gasteiger partial charge in [0.25, 0.3) is 5.91 Å². The van der Waals surface area contributed by atoms with Crippen LogP contribution in [0.5, 0.6) is 5.75 Å². The molecule has 0 saturated heterocycles. The van der Waals surface area contributed by atoms with Gasteiger partial charge in [-0.2, -0.15) is 0 Å². The average Bonchev–Trinajstić information content (AvgIpc) is 2.60. The van der Waals surface area contributed by atoms with Crippen LogP contribution in [0.4, 0.5) is 11.4 Å². The molecule has 5 nitrogen and oxygen atoms in total. The van der Waals surface area contributed by atoms with Gasteiger partial charge in [-0.05, 0) is 38.1 Å². The first kappa shape index (κ1) is 17.5. The third kappa shape index (κ3) is 4.59. The Bertz CT molecular complexity index is 728. The van der Waals surface area contributed by atoms with Crippen molar-refractivity contribution in [3.8, 4) is 5.75 Å². The van der Waals surface area contributed by atoms with E-state index in [2.05, 4.69) is 5.32 Å². The molecule has 24 heavy (non-hydrogen) atoms. The van der Waals surface area contributed by atoms with E-state index >= 15 is 0 Å². The topological polar surface area (TPSA) is 58.6 Å².